The van der Waals surface area contributed by atoms with Crippen LogP contribution in [0.4, 0.5) is 5.13 Å². The number of fused-ring (bicyclic) bond motifs is 1. The molecule has 2 aromatic carbocycles. The minimum atomic E-state index is 0. The van der Waals surface area contributed by atoms with E-state index in [1.54, 1.807) is 12.0 Å². The zero-order chi connectivity index (χ0) is 20.1. The predicted molar refractivity (Wildman–Crippen MR) is 127 cm³/mol. The van der Waals surface area contributed by atoms with Gasteiger partial charge in [-0.2, -0.15) is 0 Å². The highest BCUT2D eigenvalue weighted by molar-refractivity contribution is 8.00. The van der Waals surface area contributed by atoms with Crippen molar-refractivity contribution >= 4 is 68.4 Å². The van der Waals surface area contributed by atoms with Crippen molar-refractivity contribution in [2.45, 2.75) is 4.90 Å². The van der Waals surface area contributed by atoms with E-state index >= 15 is 0 Å². The molecule has 0 fully saturated rings. The largest absolute Gasteiger partial charge is 0.497 e. The second kappa shape index (κ2) is 11.0. The lowest BCUT2D eigenvalue weighted by Crippen LogP contribution is -2.37. The van der Waals surface area contributed by atoms with Crippen LogP contribution in [0.1, 0.15) is 0 Å². The standard InChI is InChI=1S/C20H22ClN3O2S2.ClH/c1-23(2)11-12-24(20-22-19-16(21)5-4-6-17(19)28-20)18(25)13-27-15-9-7-14(26-3)8-10-15;/h4-10H,11-13H2,1-3H3;1H. The van der Waals surface area contributed by atoms with Crippen LogP contribution in [0.25, 0.3) is 10.2 Å². The lowest BCUT2D eigenvalue weighted by Gasteiger charge is -2.21. The van der Waals surface area contributed by atoms with Crippen molar-refractivity contribution in [3.05, 3.63) is 47.5 Å². The number of anilines is 1. The van der Waals surface area contributed by atoms with E-state index in [4.69, 9.17) is 16.3 Å². The lowest BCUT2D eigenvalue weighted by molar-refractivity contribution is -0.116. The number of para-hydroxylation sites is 1. The zero-order valence-corrected chi connectivity index (χ0v) is 19.6. The van der Waals surface area contributed by atoms with Crippen molar-refractivity contribution in [3.8, 4) is 5.75 Å². The fourth-order valence-electron chi connectivity index (χ4n) is 2.54. The Balaban J connectivity index is 0.00000300. The summed E-state index contributed by atoms with van der Waals surface area (Å²) in [6.07, 6.45) is 0. The molecular formula is C20H23Cl2N3O2S2. The molecule has 0 saturated heterocycles. The molecule has 0 atom stereocenters. The minimum Gasteiger partial charge on any atom is -0.497 e. The molecule has 0 unspecified atom stereocenters. The fourth-order valence-corrected chi connectivity index (χ4v) is 4.62. The van der Waals surface area contributed by atoms with Crippen LogP contribution in [-0.2, 0) is 4.79 Å². The molecule has 0 aliphatic heterocycles. The van der Waals surface area contributed by atoms with E-state index in [1.165, 1.54) is 23.1 Å². The summed E-state index contributed by atoms with van der Waals surface area (Å²) < 4.78 is 6.16. The smallest absolute Gasteiger partial charge is 0.239 e. The first-order valence-corrected chi connectivity index (χ1v) is 10.9. The van der Waals surface area contributed by atoms with Crippen LogP contribution in [0.2, 0.25) is 5.02 Å². The highest BCUT2D eigenvalue weighted by Gasteiger charge is 2.20. The fraction of sp³-hybridized carbons (Fsp3) is 0.300. The summed E-state index contributed by atoms with van der Waals surface area (Å²) in [4.78, 5) is 22.5. The third-order valence-electron chi connectivity index (χ3n) is 4.08. The number of hydrogen-bond donors (Lipinski definition) is 0. The van der Waals surface area contributed by atoms with Gasteiger partial charge in [-0.05, 0) is 50.5 Å². The number of carbonyl (C=O) groups is 1. The molecule has 1 aromatic heterocycles. The molecule has 0 aliphatic carbocycles. The Bertz CT molecular complexity index is 949. The van der Waals surface area contributed by atoms with E-state index < -0.39 is 0 Å². The maximum atomic E-state index is 13.0. The number of hydrogen-bond acceptors (Lipinski definition) is 6. The zero-order valence-electron chi connectivity index (χ0n) is 16.4. The first-order valence-electron chi connectivity index (χ1n) is 8.75. The lowest BCUT2D eigenvalue weighted by atomic mass is 10.3. The molecule has 0 spiro atoms. The molecule has 1 amide bonds. The van der Waals surface area contributed by atoms with E-state index in [2.05, 4.69) is 9.88 Å². The van der Waals surface area contributed by atoms with Crippen LogP contribution in [-0.4, -0.2) is 55.8 Å². The van der Waals surface area contributed by atoms with Crippen LogP contribution in [0, 0.1) is 0 Å². The summed E-state index contributed by atoms with van der Waals surface area (Å²) in [5.41, 5.74) is 0.745. The highest BCUT2D eigenvalue weighted by Crippen LogP contribution is 2.33. The van der Waals surface area contributed by atoms with E-state index in [0.717, 1.165) is 27.4 Å². The normalized spacial score (nSPS) is 10.8. The maximum Gasteiger partial charge on any atom is 0.239 e. The van der Waals surface area contributed by atoms with Gasteiger partial charge >= 0.3 is 0 Å². The summed E-state index contributed by atoms with van der Waals surface area (Å²) in [5, 5.41) is 1.29. The molecular weight excluding hydrogens is 449 g/mol. The maximum absolute atomic E-state index is 13.0. The monoisotopic (exact) mass is 471 g/mol. The Morgan fingerprint density at radius 2 is 1.90 bits per heavy atom. The second-order valence-electron chi connectivity index (χ2n) is 6.40. The third-order valence-corrected chi connectivity index (χ3v) is 6.43. The van der Waals surface area contributed by atoms with Crippen molar-refractivity contribution in [1.82, 2.24) is 9.88 Å². The topological polar surface area (TPSA) is 45.7 Å². The van der Waals surface area contributed by atoms with E-state index in [1.807, 2.05) is 56.6 Å². The van der Waals surface area contributed by atoms with Gasteiger partial charge in [0.2, 0.25) is 5.91 Å². The van der Waals surface area contributed by atoms with Crippen molar-refractivity contribution in [3.63, 3.8) is 0 Å². The average Bonchev–Trinajstić information content (AvgIpc) is 3.12. The first kappa shape index (κ1) is 23.8. The summed E-state index contributed by atoms with van der Waals surface area (Å²) in [6, 6.07) is 13.4. The van der Waals surface area contributed by atoms with E-state index in [-0.39, 0.29) is 18.3 Å². The van der Waals surface area contributed by atoms with Gasteiger partial charge in [0.05, 0.1) is 22.6 Å². The van der Waals surface area contributed by atoms with Crippen molar-refractivity contribution in [2.75, 3.05) is 44.9 Å². The number of nitrogens with zero attached hydrogens (tertiary/aromatic N) is 3. The molecule has 29 heavy (non-hydrogen) atoms. The Labute approximate surface area is 190 Å². The van der Waals surface area contributed by atoms with E-state index in [0.29, 0.717) is 22.5 Å². The number of aromatic nitrogens is 1. The van der Waals surface area contributed by atoms with Gasteiger partial charge in [0.15, 0.2) is 5.13 Å². The minimum absolute atomic E-state index is 0. The number of thiazole rings is 1. The first-order chi connectivity index (χ1) is 13.5. The molecule has 3 rings (SSSR count). The predicted octanol–water partition coefficient (Wildman–Crippen LogP) is 5.07. The molecule has 9 heteroatoms. The van der Waals surface area contributed by atoms with Gasteiger partial charge in [0.25, 0.3) is 0 Å². The summed E-state index contributed by atoms with van der Waals surface area (Å²) in [5.74, 6) is 1.16. The molecule has 3 aromatic rings. The quantitative estimate of drug-likeness (QED) is 0.429. The Morgan fingerprint density at radius 3 is 2.52 bits per heavy atom. The van der Waals surface area contributed by atoms with Gasteiger partial charge in [-0.1, -0.05) is 29.0 Å². The van der Waals surface area contributed by atoms with Crippen LogP contribution in [0.5, 0.6) is 5.75 Å². The van der Waals surface area contributed by atoms with Crippen molar-refractivity contribution < 1.29 is 9.53 Å². The van der Waals surface area contributed by atoms with Crippen LogP contribution >= 0.6 is 47.1 Å². The molecule has 0 radical (unpaired) electrons. The number of rotatable bonds is 8. The molecule has 156 valence electrons. The van der Waals surface area contributed by atoms with Gasteiger partial charge in [0.1, 0.15) is 11.3 Å². The number of halogens is 2. The number of ether oxygens (including phenoxy) is 1. The summed E-state index contributed by atoms with van der Waals surface area (Å²) >= 11 is 9.26. The van der Waals surface area contributed by atoms with Gasteiger partial charge in [0, 0.05) is 18.0 Å². The van der Waals surface area contributed by atoms with Gasteiger partial charge in [-0.15, -0.1) is 24.2 Å². The number of benzene rings is 2. The highest BCUT2D eigenvalue weighted by atomic mass is 35.5. The van der Waals surface area contributed by atoms with Crippen LogP contribution < -0.4 is 9.64 Å². The third kappa shape index (κ3) is 6.23. The molecule has 0 saturated carbocycles. The van der Waals surface area contributed by atoms with Crippen LogP contribution in [0.15, 0.2) is 47.4 Å². The molecule has 0 bridgehead atoms. The van der Waals surface area contributed by atoms with Gasteiger partial charge in [-0.25, -0.2) is 4.98 Å². The number of methoxy groups -OCH3 is 1. The van der Waals surface area contributed by atoms with Crippen molar-refractivity contribution in [1.29, 1.82) is 0 Å². The Morgan fingerprint density at radius 1 is 1.17 bits per heavy atom. The van der Waals surface area contributed by atoms with E-state index in [9.17, 15) is 4.79 Å². The average molecular weight is 472 g/mol. The number of carbonyl (C=O) groups excluding carboxylic acids is 1. The van der Waals surface area contributed by atoms with Crippen LogP contribution in [0.3, 0.4) is 0 Å². The van der Waals surface area contributed by atoms with Crippen molar-refractivity contribution in [2.24, 2.45) is 0 Å². The molecule has 0 aliphatic rings. The Hall–Kier alpha value is -1.51. The van der Waals surface area contributed by atoms with Gasteiger partial charge < -0.3 is 9.64 Å². The summed E-state index contributed by atoms with van der Waals surface area (Å²) in [6.45, 7) is 1.33. The SMILES string of the molecule is COc1ccc(SCC(=O)N(CCN(C)C)c2nc3c(Cl)cccc3s2)cc1.Cl. The molecule has 1 heterocycles. The summed E-state index contributed by atoms with van der Waals surface area (Å²) in [7, 11) is 5.62. The number of thioether (sulfide) groups is 1. The molecule has 5 nitrogen and oxygen atoms in total. The second-order valence-corrected chi connectivity index (χ2v) is 8.86. The van der Waals surface area contributed by atoms with Gasteiger partial charge in [-0.3, -0.25) is 9.69 Å². The molecule has 0 N–H and O–H groups in total. The number of amides is 1. The Kier molecular flexibility index (Phi) is 9.04. The number of likely N-dealkylation sites (N-methyl/N-ethyl adjacent to an activating group) is 1.